The summed E-state index contributed by atoms with van der Waals surface area (Å²) in [6.45, 7) is 8.42. The number of rotatable bonds is 3. The predicted molar refractivity (Wildman–Crippen MR) is 96.3 cm³/mol. The van der Waals surface area contributed by atoms with E-state index in [1.54, 1.807) is 4.90 Å². The molecule has 0 saturated carbocycles. The Kier molecular flexibility index (Phi) is 4.20. The molecule has 6 heteroatoms. The molecule has 3 rings (SSSR count). The topological polar surface area (TPSA) is 70.2 Å². The van der Waals surface area contributed by atoms with Gasteiger partial charge in [-0.2, -0.15) is 0 Å². The van der Waals surface area contributed by atoms with Gasteiger partial charge < -0.3 is 9.88 Å². The van der Waals surface area contributed by atoms with Crippen molar-refractivity contribution in [2.24, 2.45) is 0 Å². The molecule has 0 unspecified atom stereocenters. The number of sulfone groups is 1. The zero-order valence-corrected chi connectivity index (χ0v) is 15.5. The Balaban J connectivity index is 2.03. The Hall–Kier alpha value is -1.82. The van der Waals surface area contributed by atoms with E-state index >= 15 is 0 Å². The summed E-state index contributed by atoms with van der Waals surface area (Å²) < 4.78 is 23.5. The summed E-state index contributed by atoms with van der Waals surface area (Å²) in [6.07, 6.45) is 0.527. The van der Waals surface area contributed by atoms with Gasteiger partial charge in [0.1, 0.15) is 5.69 Å². The molecule has 1 aromatic carbocycles. The Bertz CT molecular complexity index is 912. The molecule has 1 aromatic heterocycles. The van der Waals surface area contributed by atoms with Gasteiger partial charge in [0.05, 0.1) is 11.5 Å². The largest absolute Gasteiger partial charge is 0.350 e. The van der Waals surface area contributed by atoms with Gasteiger partial charge in [-0.1, -0.05) is 12.1 Å². The van der Waals surface area contributed by atoms with Crippen molar-refractivity contribution in [1.29, 1.82) is 0 Å². The smallest absolute Gasteiger partial charge is 0.270 e. The van der Waals surface area contributed by atoms with Crippen molar-refractivity contribution in [3.8, 4) is 0 Å². The van der Waals surface area contributed by atoms with Crippen LogP contribution < -0.4 is 0 Å². The monoisotopic (exact) mass is 348 g/mol. The standard InChI is InChI=1S/C18H24N2O3S/c1-5-20(14-8-9-24(22,23)10-14)18(21)17-13(4)15-11(2)6-7-12(3)16(15)19-17/h6-7,14,19H,5,8-10H2,1-4H3/t14-/m0/s1. The molecule has 2 heterocycles. The number of benzene rings is 1. The van der Waals surface area contributed by atoms with Gasteiger partial charge in [0.25, 0.3) is 5.91 Å². The van der Waals surface area contributed by atoms with E-state index in [4.69, 9.17) is 0 Å². The van der Waals surface area contributed by atoms with Crippen LogP contribution in [-0.2, 0) is 9.84 Å². The summed E-state index contributed by atoms with van der Waals surface area (Å²) in [5, 5.41) is 1.09. The second kappa shape index (κ2) is 5.92. The zero-order chi connectivity index (χ0) is 17.6. The first-order valence-electron chi connectivity index (χ1n) is 8.35. The molecule has 0 spiro atoms. The minimum Gasteiger partial charge on any atom is -0.350 e. The number of hydrogen-bond donors (Lipinski definition) is 1. The number of amides is 1. The van der Waals surface area contributed by atoms with Gasteiger partial charge in [0.2, 0.25) is 0 Å². The number of nitrogens with one attached hydrogen (secondary N) is 1. The van der Waals surface area contributed by atoms with E-state index in [0.29, 0.717) is 18.7 Å². The van der Waals surface area contributed by atoms with Crippen molar-refractivity contribution in [3.63, 3.8) is 0 Å². The maximum atomic E-state index is 13.1. The quantitative estimate of drug-likeness (QED) is 0.927. The summed E-state index contributed by atoms with van der Waals surface area (Å²) in [5.74, 6) is 0.141. The Morgan fingerprint density at radius 2 is 1.92 bits per heavy atom. The molecule has 2 aromatic rings. The average Bonchev–Trinajstić information content (AvgIpc) is 3.05. The highest BCUT2D eigenvalue weighted by Gasteiger charge is 2.35. The van der Waals surface area contributed by atoms with Gasteiger partial charge in [-0.25, -0.2) is 8.42 Å². The molecule has 24 heavy (non-hydrogen) atoms. The third-order valence-electron chi connectivity index (χ3n) is 5.09. The number of carbonyl (C=O) groups is 1. The highest BCUT2D eigenvalue weighted by molar-refractivity contribution is 7.91. The van der Waals surface area contributed by atoms with Gasteiger partial charge in [-0.3, -0.25) is 4.79 Å². The Labute approximate surface area is 143 Å². The predicted octanol–water partition coefficient (Wildman–Crippen LogP) is 2.74. The Morgan fingerprint density at radius 1 is 1.25 bits per heavy atom. The number of carbonyl (C=O) groups excluding carboxylic acids is 1. The lowest BCUT2D eigenvalue weighted by atomic mass is 10.0. The van der Waals surface area contributed by atoms with Crippen LogP contribution in [0.4, 0.5) is 0 Å². The minimum absolute atomic E-state index is 0.0733. The minimum atomic E-state index is -3.02. The lowest BCUT2D eigenvalue weighted by Gasteiger charge is -2.26. The van der Waals surface area contributed by atoms with Crippen LogP contribution in [0.1, 0.15) is 40.5 Å². The number of H-pyrrole nitrogens is 1. The molecule has 1 fully saturated rings. The van der Waals surface area contributed by atoms with Gasteiger partial charge in [0, 0.05) is 23.5 Å². The van der Waals surface area contributed by atoms with E-state index in [0.717, 1.165) is 27.6 Å². The van der Waals surface area contributed by atoms with E-state index in [9.17, 15) is 13.2 Å². The lowest BCUT2D eigenvalue weighted by molar-refractivity contribution is 0.0702. The van der Waals surface area contributed by atoms with E-state index < -0.39 is 9.84 Å². The average molecular weight is 348 g/mol. The summed E-state index contributed by atoms with van der Waals surface area (Å²) >= 11 is 0. The van der Waals surface area contributed by atoms with Crippen LogP contribution in [0.3, 0.4) is 0 Å². The highest BCUT2D eigenvalue weighted by atomic mass is 32.2. The number of fused-ring (bicyclic) bond motifs is 1. The van der Waals surface area contributed by atoms with Crippen molar-refractivity contribution in [2.75, 3.05) is 18.1 Å². The molecule has 5 nitrogen and oxygen atoms in total. The normalized spacial score (nSPS) is 19.8. The van der Waals surface area contributed by atoms with Gasteiger partial charge in [-0.05, 0) is 50.8 Å². The molecule has 0 bridgehead atoms. The molecule has 1 amide bonds. The summed E-state index contributed by atoms with van der Waals surface area (Å²) in [6, 6.07) is 3.89. The van der Waals surface area contributed by atoms with Crippen molar-refractivity contribution in [2.45, 2.75) is 40.2 Å². The molecule has 0 radical (unpaired) electrons. The fourth-order valence-electron chi connectivity index (χ4n) is 3.75. The van der Waals surface area contributed by atoms with E-state index in [1.165, 1.54) is 0 Å². The zero-order valence-electron chi connectivity index (χ0n) is 14.6. The van der Waals surface area contributed by atoms with Crippen LogP contribution in [0.2, 0.25) is 0 Å². The SMILES string of the molecule is CCN(C(=O)c1[nH]c2c(C)ccc(C)c2c1C)[C@H]1CCS(=O)(=O)C1. The number of nitrogens with zero attached hydrogens (tertiary/aromatic N) is 1. The lowest BCUT2D eigenvalue weighted by Crippen LogP contribution is -2.41. The molecule has 1 atom stereocenters. The summed E-state index contributed by atoms with van der Waals surface area (Å²) in [5.41, 5.74) is 4.74. The molecule has 1 N–H and O–H groups in total. The fraction of sp³-hybridized carbons (Fsp3) is 0.500. The molecular weight excluding hydrogens is 324 g/mol. The van der Waals surface area contributed by atoms with Crippen molar-refractivity contribution >= 4 is 26.6 Å². The molecular formula is C18H24N2O3S. The third kappa shape index (κ3) is 2.73. The van der Waals surface area contributed by atoms with E-state index in [-0.39, 0.29) is 23.5 Å². The molecule has 0 aliphatic carbocycles. The van der Waals surface area contributed by atoms with E-state index in [1.807, 2.05) is 33.8 Å². The maximum Gasteiger partial charge on any atom is 0.270 e. The van der Waals surface area contributed by atoms with Crippen LogP contribution in [0, 0.1) is 20.8 Å². The highest BCUT2D eigenvalue weighted by Crippen LogP contribution is 2.29. The van der Waals surface area contributed by atoms with Gasteiger partial charge >= 0.3 is 0 Å². The van der Waals surface area contributed by atoms with Crippen molar-refractivity contribution in [1.82, 2.24) is 9.88 Å². The number of aryl methyl sites for hydroxylation is 3. The van der Waals surface area contributed by atoms with Crippen LogP contribution in [0.25, 0.3) is 10.9 Å². The number of aromatic nitrogens is 1. The van der Waals surface area contributed by atoms with Crippen LogP contribution in [0.5, 0.6) is 0 Å². The number of aromatic amines is 1. The maximum absolute atomic E-state index is 13.1. The molecule has 1 saturated heterocycles. The fourth-order valence-corrected chi connectivity index (χ4v) is 5.48. The second-order valence-corrected chi connectivity index (χ2v) is 8.95. The van der Waals surface area contributed by atoms with Crippen molar-refractivity contribution < 1.29 is 13.2 Å². The first kappa shape index (κ1) is 17.0. The van der Waals surface area contributed by atoms with Crippen molar-refractivity contribution in [3.05, 3.63) is 34.5 Å². The number of hydrogen-bond acceptors (Lipinski definition) is 3. The second-order valence-electron chi connectivity index (χ2n) is 6.72. The summed E-state index contributed by atoms with van der Waals surface area (Å²) in [7, 11) is -3.02. The molecule has 1 aliphatic rings. The molecule has 1 aliphatic heterocycles. The first-order valence-corrected chi connectivity index (χ1v) is 10.2. The van der Waals surface area contributed by atoms with Crippen LogP contribution in [-0.4, -0.2) is 48.3 Å². The molecule has 130 valence electrons. The van der Waals surface area contributed by atoms with Crippen LogP contribution in [0.15, 0.2) is 12.1 Å². The van der Waals surface area contributed by atoms with Crippen LogP contribution >= 0.6 is 0 Å². The first-order chi connectivity index (χ1) is 11.2. The summed E-state index contributed by atoms with van der Waals surface area (Å²) in [4.78, 5) is 18.1. The third-order valence-corrected chi connectivity index (χ3v) is 6.84. The van der Waals surface area contributed by atoms with Gasteiger partial charge in [-0.15, -0.1) is 0 Å². The Morgan fingerprint density at radius 3 is 2.46 bits per heavy atom. The van der Waals surface area contributed by atoms with E-state index in [2.05, 4.69) is 11.1 Å². The van der Waals surface area contributed by atoms with Gasteiger partial charge in [0.15, 0.2) is 9.84 Å².